The second-order valence-corrected chi connectivity index (χ2v) is 9.12. The zero-order valence-corrected chi connectivity index (χ0v) is 23.4. The molecule has 1 heterocycles. The van der Waals surface area contributed by atoms with E-state index in [-0.39, 0.29) is 31.7 Å². The zero-order chi connectivity index (χ0) is 26.8. The first-order chi connectivity index (χ1) is 17.9. The Bertz CT molecular complexity index is 1090. The van der Waals surface area contributed by atoms with E-state index in [1.807, 2.05) is 24.3 Å². The van der Waals surface area contributed by atoms with Crippen LogP contribution in [-0.2, 0) is 28.6 Å². The first kappa shape index (κ1) is 31.1. The van der Waals surface area contributed by atoms with Crippen molar-refractivity contribution in [3.05, 3.63) is 64.0 Å². The van der Waals surface area contributed by atoms with Crippen LogP contribution in [0, 0.1) is 0 Å². The molecule has 0 spiro atoms. The van der Waals surface area contributed by atoms with Crippen LogP contribution in [-0.4, -0.2) is 50.8 Å². The topological polar surface area (TPSA) is 103 Å². The Kier molecular flexibility index (Phi) is 12.6. The lowest BCUT2D eigenvalue weighted by molar-refractivity contribution is -0.144. The summed E-state index contributed by atoms with van der Waals surface area (Å²) in [6.07, 6.45) is 8.14. The maximum atomic E-state index is 13.3. The fourth-order valence-electron chi connectivity index (χ4n) is 4.92. The third kappa shape index (κ3) is 7.71. The molecule has 1 aliphatic carbocycles. The fourth-order valence-corrected chi connectivity index (χ4v) is 4.92. The van der Waals surface area contributed by atoms with Crippen LogP contribution in [0.5, 0.6) is 0 Å². The number of ether oxygens (including phenoxy) is 3. The van der Waals surface area contributed by atoms with E-state index >= 15 is 0 Å². The van der Waals surface area contributed by atoms with Crippen LogP contribution in [0.4, 0.5) is 0 Å². The molecule has 1 aliphatic heterocycles. The molecule has 0 radical (unpaired) electrons. The lowest BCUT2D eigenvalue weighted by Crippen LogP contribution is -2.36. The Labute approximate surface area is 231 Å². The van der Waals surface area contributed by atoms with Gasteiger partial charge in [-0.15, -0.1) is 12.4 Å². The van der Waals surface area contributed by atoms with E-state index in [2.05, 4.69) is 10.6 Å². The standard InChI is InChI=1S/C29H38N2O6.ClH/c1-5-35-28(33)25-19(3)31-23(18-30-4)27(29(34)36-6-2)26(25)22-15-11-10-12-20(22)16-17-24(32)37-21-13-8-7-9-14-21;/h10-12,15-17,21,26,30-31H,5-9,13-14,18H2,1-4H3;1H/b17-16+;. The van der Waals surface area contributed by atoms with Crippen molar-refractivity contribution in [2.75, 3.05) is 26.8 Å². The van der Waals surface area contributed by atoms with Gasteiger partial charge in [-0.05, 0) is 70.7 Å². The molecule has 208 valence electrons. The van der Waals surface area contributed by atoms with Crippen molar-refractivity contribution in [2.24, 2.45) is 0 Å². The molecule has 0 amide bonds. The van der Waals surface area contributed by atoms with Gasteiger partial charge in [0.2, 0.25) is 0 Å². The van der Waals surface area contributed by atoms with Gasteiger partial charge < -0.3 is 24.8 Å². The van der Waals surface area contributed by atoms with E-state index in [0.717, 1.165) is 25.7 Å². The quantitative estimate of drug-likeness (QED) is 0.250. The summed E-state index contributed by atoms with van der Waals surface area (Å²) < 4.78 is 16.5. The minimum atomic E-state index is -0.752. The van der Waals surface area contributed by atoms with Crippen LogP contribution in [0.15, 0.2) is 52.9 Å². The summed E-state index contributed by atoms with van der Waals surface area (Å²) in [7, 11) is 1.78. The zero-order valence-electron chi connectivity index (χ0n) is 22.6. The van der Waals surface area contributed by atoms with E-state index in [4.69, 9.17) is 14.2 Å². The van der Waals surface area contributed by atoms with E-state index in [1.165, 1.54) is 12.5 Å². The van der Waals surface area contributed by atoms with E-state index < -0.39 is 23.8 Å². The number of nitrogens with one attached hydrogen (secondary N) is 2. The molecule has 0 saturated heterocycles. The molecule has 0 bridgehead atoms. The predicted octanol–water partition coefficient (Wildman–Crippen LogP) is 4.56. The maximum absolute atomic E-state index is 13.3. The van der Waals surface area contributed by atoms with Gasteiger partial charge in [-0.3, -0.25) is 0 Å². The molecular weight excluding hydrogens is 508 g/mol. The van der Waals surface area contributed by atoms with Gasteiger partial charge in [-0.25, -0.2) is 14.4 Å². The van der Waals surface area contributed by atoms with Gasteiger partial charge in [0, 0.05) is 24.0 Å². The molecule has 1 fully saturated rings. The minimum Gasteiger partial charge on any atom is -0.463 e. The number of carbonyl (C=O) groups is 3. The summed E-state index contributed by atoms with van der Waals surface area (Å²) in [5.74, 6) is -2.19. The first-order valence-electron chi connectivity index (χ1n) is 13.1. The van der Waals surface area contributed by atoms with Crippen LogP contribution >= 0.6 is 12.4 Å². The normalized spacial score (nSPS) is 18.1. The SMILES string of the molecule is CCOC(=O)C1=C(C)NC(CNC)=C(C(=O)OCC)C1c1ccccc1/C=C/C(=O)OC1CCCCC1.Cl. The van der Waals surface area contributed by atoms with Gasteiger partial charge in [0.1, 0.15) is 6.10 Å². The molecule has 1 atom stereocenters. The average molecular weight is 547 g/mol. The smallest absolute Gasteiger partial charge is 0.336 e. The third-order valence-electron chi connectivity index (χ3n) is 6.53. The lowest BCUT2D eigenvalue weighted by Gasteiger charge is -2.32. The van der Waals surface area contributed by atoms with Gasteiger partial charge in [0.05, 0.1) is 30.3 Å². The van der Waals surface area contributed by atoms with Crippen molar-refractivity contribution < 1.29 is 28.6 Å². The highest BCUT2D eigenvalue weighted by molar-refractivity contribution is 6.00. The van der Waals surface area contributed by atoms with Crippen LogP contribution in [0.25, 0.3) is 6.08 Å². The van der Waals surface area contributed by atoms with E-state index in [0.29, 0.717) is 40.2 Å². The van der Waals surface area contributed by atoms with Crippen LogP contribution in [0.2, 0.25) is 0 Å². The van der Waals surface area contributed by atoms with E-state index in [9.17, 15) is 14.4 Å². The molecule has 1 aromatic rings. The number of carbonyl (C=O) groups excluding carboxylic acids is 3. The average Bonchev–Trinajstić information content (AvgIpc) is 2.88. The Balaban J connectivity index is 0.00000507. The van der Waals surface area contributed by atoms with Crippen LogP contribution in [0.3, 0.4) is 0 Å². The van der Waals surface area contributed by atoms with Gasteiger partial charge in [-0.1, -0.05) is 30.7 Å². The summed E-state index contributed by atoms with van der Waals surface area (Å²) in [4.78, 5) is 39.0. The molecule has 0 aromatic heterocycles. The highest BCUT2D eigenvalue weighted by atomic mass is 35.5. The number of halogens is 1. The fraction of sp³-hybridized carbons (Fsp3) is 0.483. The number of hydrogen-bond acceptors (Lipinski definition) is 8. The third-order valence-corrected chi connectivity index (χ3v) is 6.53. The number of rotatable bonds is 10. The Hall–Kier alpha value is -3.10. The Morgan fingerprint density at radius 1 is 1.00 bits per heavy atom. The predicted molar refractivity (Wildman–Crippen MR) is 148 cm³/mol. The van der Waals surface area contributed by atoms with Crippen molar-refractivity contribution in [1.82, 2.24) is 10.6 Å². The summed E-state index contributed by atoms with van der Waals surface area (Å²) >= 11 is 0. The number of likely N-dealkylation sites (N-methyl/N-ethyl adjacent to an activating group) is 1. The minimum absolute atomic E-state index is 0. The lowest BCUT2D eigenvalue weighted by atomic mass is 9.78. The molecule has 1 unspecified atom stereocenters. The van der Waals surface area contributed by atoms with Crippen molar-refractivity contribution in [3.63, 3.8) is 0 Å². The van der Waals surface area contributed by atoms with Gasteiger partial charge in [0.15, 0.2) is 0 Å². The molecule has 3 rings (SSSR count). The molecule has 38 heavy (non-hydrogen) atoms. The van der Waals surface area contributed by atoms with Crippen molar-refractivity contribution in [2.45, 2.75) is 64.9 Å². The summed E-state index contributed by atoms with van der Waals surface area (Å²) in [5, 5.41) is 6.29. The molecule has 2 N–H and O–H groups in total. The monoisotopic (exact) mass is 546 g/mol. The number of benzene rings is 1. The molecule has 2 aliphatic rings. The van der Waals surface area contributed by atoms with Crippen molar-refractivity contribution in [3.8, 4) is 0 Å². The van der Waals surface area contributed by atoms with Crippen molar-refractivity contribution >= 4 is 36.4 Å². The van der Waals surface area contributed by atoms with E-state index in [1.54, 1.807) is 33.9 Å². The Morgan fingerprint density at radius 2 is 1.63 bits per heavy atom. The largest absolute Gasteiger partial charge is 0.463 e. The Morgan fingerprint density at radius 3 is 2.26 bits per heavy atom. The number of esters is 3. The van der Waals surface area contributed by atoms with Crippen LogP contribution < -0.4 is 10.6 Å². The number of hydrogen-bond donors (Lipinski definition) is 2. The molecule has 1 aromatic carbocycles. The molecular formula is C29H39ClN2O6. The summed E-state index contributed by atoms with van der Waals surface area (Å²) in [6.45, 7) is 6.01. The second-order valence-electron chi connectivity index (χ2n) is 9.12. The second kappa shape index (κ2) is 15.3. The van der Waals surface area contributed by atoms with Gasteiger partial charge in [-0.2, -0.15) is 0 Å². The molecule has 1 saturated carbocycles. The van der Waals surface area contributed by atoms with Gasteiger partial charge in [0.25, 0.3) is 0 Å². The molecule has 9 heteroatoms. The highest BCUT2D eigenvalue weighted by Gasteiger charge is 2.39. The van der Waals surface area contributed by atoms with Gasteiger partial charge >= 0.3 is 17.9 Å². The summed E-state index contributed by atoms with van der Waals surface area (Å²) in [5.41, 5.74) is 3.25. The van der Waals surface area contributed by atoms with Crippen molar-refractivity contribution in [1.29, 1.82) is 0 Å². The highest BCUT2D eigenvalue weighted by Crippen LogP contribution is 2.41. The number of allylic oxidation sites excluding steroid dienone is 1. The maximum Gasteiger partial charge on any atom is 0.336 e. The van der Waals surface area contributed by atoms with Crippen LogP contribution in [0.1, 0.15) is 69.9 Å². The number of dihydropyridines is 1. The molecule has 8 nitrogen and oxygen atoms in total. The first-order valence-corrected chi connectivity index (χ1v) is 13.1. The summed E-state index contributed by atoms with van der Waals surface area (Å²) in [6, 6.07) is 7.39.